The summed E-state index contributed by atoms with van der Waals surface area (Å²) in [7, 11) is -3.44. The average Bonchev–Trinajstić information content (AvgIpc) is 2.71. The van der Waals surface area contributed by atoms with Crippen molar-refractivity contribution < 1.29 is 17.9 Å². The average molecular weight is 451 g/mol. The van der Waals surface area contributed by atoms with Crippen LogP contribution in [0.15, 0.2) is 48.5 Å². The Morgan fingerprint density at radius 2 is 1.77 bits per heavy atom. The number of hydrogen-bond donors (Lipinski definition) is 1. The molecule has 2 aromatic carbocycles. The molecule has 3 rings (SSSR count). The van der Waals surface area contributed by atoms with Gasteiger partial charge in [-0.1, -0.05) is 35.9 Å². The van der Waals surface area contributed by atoms with Crippen molar-refractivity contribution in [1.29, 1.82) is 0 Å². The molecule has 0 radical (unpaired) electrons. The number of piperidine rings is 1. The van der Waals surface area contributed by atoms with Crippen molar-refractivity contribution in [2.75, 3.05) is 18.4 Å². The minimum atomic E-state index is -3.44. The van der Waals surface area contributed by atoms with E-state index in [4.69, 9.17) is 16.3 Å². The quantitative estimate of drug-likeness (QED) is 0.682. The van der Waals surface area contributed by atoms with Crippen molar-refractivity contribution in [3.05, 3.63) is 59.1 Å². The van der Waals surface area contributed by atoms with E-state index in [1.165, 1.54) is 4.31 Å². The molecule has 0 aliphatic carbocycles. The van der Waals surface area contributed by atoms with E-state index in [1.807, 2.05) is 32.0 Å². The van der Waals surface area contributed by atoms with Crippen molar-refractivity contribution in [1.82, 2.24) is 4.31 Å². The van der Waals surface area contributed by atoms with E-state index >= 15 is 0 Å². The Morgan fingerprint density at radius 1 is 1.13 bits per heavy atom. The number of para-hydroxylation sites is 2. The molecule has 8 heteroatoms. The number of amides is 1. The maximum absolute atomic E-state index is 12.7. The lowest BCUT2D eigenvalue weighted by molar-refractivity contribution is -0.120. The fraction of sp³-hybridized carbons (Fsp3) is 0.409. The van der Waals surface area contributed by atoms with Gasteiger partial charge in [0.15, 0.2) is 0 Å². The molecule has 6 nitrogen and oxygen atoms in total. The number of rotatable bonds is 7. The molecule has 1 heterocycles. The number of nitrogens with zero attached hydrogens (tertiary/aromatic N) is 1. The van der Waals surface area contributed by atoms with Crippen molar-refractivity contribution in [3.63, 3.8) is 0 Å². The molecule has 1 N–H and O–H groups in total. The number of carbonyl (C=O) groups excluding carboxylic acids is 1. The second-order valence-electron chi connectivity index (χ2n) is 7.71. The van der Waals surface area contributed by atoms with Gasteiger partial charge in [0.05, 0.1) is 17.5 Å². The molecule has 0 aromatic heterocycles. The standard InChI is InChI=1S/C22H27ClN2O4S/c1-16(2)29-21-6-4-3-5-20(21)24-22(26)18-11-13-25(14-12-18)30(27,28)15-17-7-9-19(23)10-8-17/h3-10,16,18H,11-15H2,1-2H3,(H,24,26). The molecule has 0 saturated carbocycles. The normalized spacial score (nSPS) is 15.9. The first kappa shape index (κ1) is 22.6. The summed E-state index contributed by atoms with van der Waals surface area (Å²) in [5.74, 6) is 0.216. The highest BCUT2D eigenvalue weighted by Gasteiger charge is 2.31. The van der Waals surface area contributed by atoms with Crippen molar-refractivity contribution in [3.8, 4) is 5.75 Å². The van der Waals surface area contributed by atoms with Crippen LogP contribution < -0.4 is 10.1 Å². The number of hydrogen-bond acceptors (Lipinski definition) is 4. The van der Waals surface area contributed by atoms with E-state index < -0.39 is 10.0 Å². The molecule has 1 aliphatic rings. The third-order valence-corrected chi connectivity index (χ3v) is 7.09. The number of sulfonamides is 1. The Hall–Kier alpha value is -2.09. The van der Waals surface area contributed by atoms with Crippen LogP contribution in [0.2, 0.25) is 5.02 Å². The highest BCUT2D eigenvalue weighted by molar-refractivity contribution is 7.88. The summed E-state index contributed by atoms with van der Waals surface area (Å²) in [6, 6.07) is 14.1. The molecular weight excluding hydrogens is 424 g/mol. The summed E-state index contributed by atoms with van der Waals surface area (Å²) in [6.07, 6.45) is 0.967. The first-order valence-corrected chi connectivity index (χ1v) is 12.0. The van der Waals surface area contributed by atoms with E-state index in [1.54, 1.807) is 30.3 Å². The zero-order valence-electron chi connectivity index (χ0n) is 17.2. The maximum Gasteiger partial charge on any atom is 0.227 e. The highest BCUT2D eigenvalue weighted by Crippen LogP contribution is 2.28. The Labute approximate surface area is 183 Å². The summed E-state index contributed by atoms with van der Waals surface area (Å²) in [5, 5.41) is 3.51. The Balaban J connectivity index is 1.57. The molecule has 0 unspecified atom stereocenters. The smallest absolute Gasteiger partial charge is 0.227 e. The van der Waals surface area contributed by atoms with Crippen LogP contribution in [-0.2, 0) is 20.6 Å². The van der Waals surface area contributed by atoms with Gasteiger partial charge in [-0.25, -0.2) is 12.7 Å². The predicted octanol–water partition coefficient (Wildman–Crippen LogP) is 4.31. The van der Waals surface area contributed by atoms with Gasteiger partial charge in [-0.15, -0.1) is 0 Å². The lowest BCUT2D eigenvalue weighted by Crippen LogP contribution is -2.41. The van der Waals surface area contributed by atoms with Crippen LogP contribution >= 0.6 is 11.6 Å². The molecule has 0 bridgehead atoms. The van der Waals surface area contributed by atoms with Gasteiger partial charge in [-0.2, -0.15) is 0 Å². The van der Waals surface area contributed by atoms with Gasteiger partial charge in [0.25, 0.3) is 0 Å². The van der Waals surface area contributed by atoms with Gasteiger partial charge in [-0.3, -0.25) is 4.79 Å². The minimum Gasteiger partial charge on any atom is -0.489 e. The number of anilines is 1. The second kappa shape index (κ2) is 9.81. The Bertz CT molecular complexity index is 969. The fourth-order valence-electron chi connectivity index (χ4n) is 3.44. The zero-order chi connectivity index (χ0) is 21.7. The summed E-state index contributed by atoms with van der Waals surface area (Å²) in [6.45, 7) is 4.52. The summed E-state index contributed by atoms with van der Waals surface area (Å²) in [4.78, 5) is 12.7. The third-order valence-electron chi connectivity index (χ3n) is 4.99. The summed E-state index contributed by atoms with van der Waals surface area (Å²) in [5.41, 5.74) is 1.33. The largest absolute Gasteiger partial charge is 0.489 e. The first-order chi connectivity index (χ1) is 14.2. The van der Waals surface area contributed by atoms with E-state index in [-0.39, 0.29) is 23.7 Å². The monoisotopic (exact) mass is 450 g/mol. The van der Waals surface area contributed by atoms with Gasteiger partial charge in [-0.05, 0) is 56.5 Å². The maximum atomic E-state index is 12.7. The molecule has 1 saturated heterocycles. The first-order valence-electron chi connectivity index (χ1n) is 10.0. The van der Waals surface area contributed by atoms with Crippen LogP contribution in [0.1, 0.15) is 32.3 Å². The molecular formula is C22H27ClN2O4S. The third kappa shape index (κ3) is 5.97. The van der Waals surface area contributed by atoms with Crippen LogP contribution in [0.5, 0.6) is 5.75 Å². The number of nitrogens with one attached hydrogen (secondary N) is 1. The van der Waals surface area contributed by atoms with Gasteiger partial charge in [0, 0.05) is 24.0 Å². The lowest BCUT2D eigenvalue weighted by atomic mass is 9.97. The predicted molar refractivity (Wildman–Crippen MR) is 119 cm³/mol. The molecule has 1 amide bonds. The molecule has 1 fully saturated rings. The van der Waals surface area contributed by atoms with Gasteiger partial charge < -0.3 is 10.1 Å². The Morgan fingerprint density at radius 3 is 2.40 bits per heavy atom. The van der Waals surface area contributed by atoms with E-state index in [0.717, 1.165) is 0 Å². The highest BCUT2D eigenvalue weighted by atomic mass is 35.5. The SMILES string of the molecule is CC(C)Oc1ccccc1NC(=O)C1CCN(S(=O)(=O)Cc2ccc(Cl)cc2)CC1. The number of halogens is 1. The van der Waals surface area contributed by atoms with Gasteiger partial charge in [0.1, 0.15) is 5.75 Å². The molecule has 1 aliphatic heterocycles. The van der Waals surface area contributed by atoms with E-state index in [2.05, 4.69) is 5.32 Å². The molecule has 2 aromatic rings. The van der Waals surface area contributed by atoms with Crippen molar-refractivity contribution in [2.45, 2.75) is 38.5 Å². The van der Waals surface area contributed by atoms with Crippen LogP contribution in [0, 0.1) is 5.92 Å². The summed E-state index contributed by atoms with van der Waals surface area (Å²) < 4.78 is 32.7. The van der Waals surface area contributed by atoms with Crippen LogP contribution in [-0.4, -0.2) is 37.8 Å². The van der Waals surface area contributed by atoms with Crippen molar-refractivity contribution >= 4 is 33.2 Å². The second-order valence-corrected chi connectivity index (χ2v) is 10.1. The van der Waals surface area contributed by atoms with Crippen LogP contribution in [0.4, 0.5) is 5.69 Å². The van der Waals surface area contributed by atoms with Gasteiger partial charge in [0.2, 0.25) is 15.9 Å². The zero-order valence-corrected chi connectivity index (χ0v) is 18.7. The summed E-state index contributed by atoms with van der Waals surface area (Å²) >= 11 is 5.86. The minimum absolute atomic E-state index is 0.00265. The number of carbonyl (C=O) groups is 1. The van der Waals surface area contributed by atoms with E-state index in [9.17, 15) is 13.2 Å². The number of ether oxygens (including phenoxy) is 1. The van der Waals surface area contributed by atoms with E-state index in [0.29, 0.717) is 48.0 Å². The van der Waals surface area contributed by atoms with Crippen molar-refractivity contribution in [2.24, 2.45) is 5.92 Å². The molecule has 30 heavy (non-hydrogen) atoms. The van der Waals surface area contributed by atoms with Crippen LogP contribution in [0.3, 0.4) is 0 Å². The topological polar surface area (TPSA) is 75.7 Å². The number of benzene rings is 2. The van der Waals surface area contributed by atoms with Crippen LogP contribution in [0.25, 0.3) is 0 Å². The lowest BCUT2D eigenvalue weighted by Gasteiger charge is -2.30. The Kier molecular flexibility index (Phi) is 7.39. The fourth-order valence-corrected chi connectivity index (χ4v) is 5.13. The molecule has 162 valence electrons. The molecule has 0 spiro atoms. The molecule has 0 atom stereocenters. The van der Waals surface area contributed by atoms with Gasteiger partial charge >= 0.3 is 0 Å².